The van der Waals surface area contributed by atoms with Crippen molar-refractivity contribution in [2.75, 3.05) is 12.9 Å². The zero-order valence-electron chi connectivity index (χ0n) is 11.8. The van der Waals surface area contributed by atoms with E-state index < -0.39 is 27.2 Å². The summed E-state index contributed by atoms with van der Waals surface area (Å²) in [6.45, 7) is 1.33. The van der Waals surface area contributed by atoms with Crippen LogP contribution in [0.15, 0.2) is 12.3 Å². The fourth-order valence-electron chi connectivity index (χ4n) is 2.09. The summed E-state index contributed by atoms with van der Waals surface area (Å²) in [6, 6.07) is 1.50. The first kappa shape index (κ1) is 15.8. The van der Waals surface area contributed by atoms with E-state index in [1.54, 1.807) is 6.92 Å². The second-order valence-corrected chi connectivity index (χ2v) is 7.05. The van der Waals surface area contributed by atoms with Gasteiger partial charge in [0.2, 0.25) is 10.0 Å². The van der Waals surface area contributed by atoms with E-state index in [9.17, 15) is 17.6 Å². The summed E-state index contributed by atoms with van der Waals surface area (Å²) in [5, 5.41) is 0. The lowest BCUT2D eigenvalue weighted by atomic mass is 10.1. The van der Waals surface area contributed by atoms with Crippen LogP contribution in [0, 0.1) is 18.2 Å². The Kier molecular flexibility index (Phi) is 4.29. The molecule has 0 saturated heterocycles. The summed E-state index contributed by atoms with van der Waals surface area (Å²) in [5.41, 5.74) is -0.520. The third-order valence-electron chi connectivity index (χ3n) is 3.55. The summed E-state index contributed by atoms with van der Waals surface area (Å²) in [6.07, 6.45) is 2.38. The molecule has 1 N–H and O–H groups in total. The van der Waals surface area contributed by atoms with Gasteiger partial charge in [0.25, 0.3) is 0 Å². The molecule has 1 aliphatic rings. The smallest absolute Gasteiger partial charge is 0.312 e. The van der Waals surface area contributed by atoms with Crippen LogP contribution in [-0.2, 0) is 26.1 Å². The van der Waals surface area contributed by atoms with Gasteiger partial charge in [0.1, 0.15) is 5.82 Å². The van der Waals surface area contributed by atoms with Gasteiger partial charge in [-0.2, -0.15) is 0 Å². The Hall–Kier alpha value is -1.54. The van der Waals surface area contributed by atoms with Gasteiger partial charge in [-0.3, -0.25) is 9.78 Å². The van der Waals surface area contributed by atoms with E-state index in [0.717, 1.165) is 0 Å². The highest BCUT2D eigenvalue weighted by Crippen LogP contribution is 2.47. The largest absolute Gasteiger partial charge is 0.469 e. The van der Waals surface area contributed by atoms with E-state index in [-0.39, 0.29) is 18.0 Å². The number of rotatable bonds is 6. The normalized spacial score (nSPS) is 16.5. The first-order chi connectivity index (χ1) is 9.80. The first-order valence-electron chi connectivity index (χ1n) is 6.45. The lowest BCUT2D eigenvalue weighted by Crippen LogP contribution is -2.34. The number of aryl methyl sites for hydroxylation is 1. The number of hydrogen-bond donors (Lipinski definition) is 1. The van der Waals surface area contributed by atoms with Crippen LogP contribution in [0.3, 0.4) is 0 Å². The van der Waals surface area contributed by atoms with E-state index in [0.29, 0.717) is 18.4 Å². The number of carbonyl (C=O) groups is 1. The van der Waals surface area contributed by atoms with E-state index in [1.807, 2.05) is 0 Å². The van der Waals surface area contributed by atoms with Crippen molar-refractivity contribution >= 4 is 16.0 Å². The average molecular weight is 316 g/mol. The minimum atomic E-state index is -3.72. The number of sulfonamides is 1. The minimum Gasteiger partial charge on any atom is -0.469 e. The highest BCUT2D eigenvalue weighted by atomic mass is 32.2. The average Bonchev–Trinajstić information content (AvgIpc) is 3.19. The van der Waals surface area contributed by atoms with Crippen LogP contribution in [0.1, 0.15) is 24.1 Å². The maximum atomic E-state index is 13.7. The predicted molar refractivity (Wildman–Crippen MR) is 73.2 cm³/mol. The molecule has 21 heavy (non-hydrogen) atoms. The van der Waals surface area contributed by atoms with Gasteiger partial charge in [-0.25, -0.2) is 17.5 Å². The number of esters is 1. The van der Waals surface area contributed by atoms with Crippen LogP contribution in [0.4, 0.5) is 4.39 Å². The van der Waals surface area contributed by atoms with Gasteiger partial charge in [-0.15, -0.1) is 0 Å². The molecule has 6 nitrogen and oxygen atoms in total. The zero-order valence-corrected chi connectivity index (χ0v) is 12.7. The van der Waals surface area contributed by atoms with Gasteiger partial charge in [0.15, 0.2) is 0 Å². The molecule has 8 heteroatoms. The van der Waals surface area contributed by atoms with Gasteiger partial charge in [0.05, 0.1) is 30.5 Å². The van der Waals surface area contributed by atoms with Crippen molar-refractivity contribution in [1.82, 2.24) is 9.71 Å². The molecule has 0 bridgehead atoms. The number of nitrogens with one attached hydrogen (secondary N) is 1. The van der Waals surface area contributed by atoms with Crippen molar-refractivity contribution in [3.63, 3.8) is 0 Å². The van der Waals surface area contributed by atoms with Crippen molar-refractivity contribution < 1.29 is 22.3 Å². The highest BCUT2D eigenvalue weighted by molar-refractivity contribution is 7.89. The third-order valence-corrected chi connectivity index (χ3v) is 5.07. The van der Waals surface area contributed by atoms with Crippen LogP contribution >= 0.6 is 0 Å². The Bertz CT molecular complexity index is 656. The molecular formula is C13H17FN2O4S. The molecule has 1 aliphatic carbocycles. The van der Waals surface area contributed by atoms with E-state index in [1.165, 1.54) is 19.4 Å². The molecule has 2 rings (SSSR count). The molecule has 0 amide bonds. The predicted octanol–water partition coefficient (Wildman–Crippen LogP) is 0.902. The van der Waals surface area contributed by atoms with Gasteiger partial charge in [-0.1, -0.05) is 0 Å². The fraction of sp³-hybridized carbons (Fsp3) is 0.538. The number of nitrogens with zero attached hydrogens (tertiary/aromatic N) is 1. The van der Waals surface area contributed by atoms with Crippen molar-refractivity contribution in [2.24, 2.45) is 5.41 Å². The number of carbonyl (C=O) groups excluding carboxylic acids is 1. The molecule has 0 spiro atoms. The monoisotopic (exact) mass is 316 g/mol. The summed E-state index contributed by atoms with van der Waals surface area (Å²) >= 11 is 0. The molecule has 0 radical (unpaired) electrons. The number of halogens is 1. The van der Waals surface area contributed by atoms with Crippen LogP contribution in [-0.4, -0.2) is 32.2 Å². The zero-order chi connectivity index (χ0) is 15.7. The van der Waals surface area contributed by atoms with Crippen LogP contribution in [0.2, 0.25) is 0 Å². The molecule has 116 valence electrons. The van der Waals surface area contributed by atoms with Crippen LogP contribution < -0.4 is 4.72 Å². The Morgan fingerprint density at radius 2 is 2.19 bits per heavy atom. The fourth-order valence-corrected chi connectivity index (χ4v) is 3.68. The number of methoxy groups -OCH3 is 1. The maximum absolute atomic E-state index is 13.7. The maximum Gasteiger partial charge on any atom is 0.312 e. The summed E-state index contributed by atoms with van der Waals surface area (Å²) < 4.78 is 44.7. The molecule has 1 heterocycles. The second-order valence-electron chi connectivity index (χ2n) is 5.24. The lowest BCUT2D eigenvalue weighted by molar-refractivity contribution is -0.146. The molecule has 0 aliphatic heterocycles. The van der Waals surface area contributed by atoms with E-state index in [4.69, 9.17) is 0 Å². The summed E-state index contributed by atoms with van der Waals surface area (Å²) in [5.74, 6) is -1.40. The van der Waals surface area contributed by atoms with Crippen molar-refractivity contribution in [3.8, 4) is 0 Å². The molecule has 0 aromatic carbocycles. The molecular weight excluding hydrogens is 299 g/mol. The Balaban J connectivity index is 2.02. The quantitative estimate of drug-likeness (QED) is 0.788. The van der Waals surface area contributed by atoms with Gasteiger partial charge in [0, 0.05) is 6.20 Å². The second kappa shape index (κ2) is 5.69. The Morgan fingerprint density at radius 1 is 1.52 bits per heavy atom. The van der Waals surface area contributed by atoms with Gasteiger partial charge < -0.3 is 4.74 Å². The number of ether oxygens (including phenoxy) is 1. The number of pyridine rings is 1. The Labute approximate surface area is 122 Å². The van der Waals surface area contributed by atoms with E-state index >= 15 is 0 Å². The van der Waals surface area contributed by atoms with Crippen LogP contribution in [0.5, 0.6) is 0 Å². The first-order valence-corrected chi connectivity index (χ1v) is 8.11. The SMILES string of the molecule is COC(=O)C1(CS(=O)(=O)NCc2nccc(C)c2F)CC1. The molecule has 1 fully saturated rings. The Morgan fingerprint density at radius 3 is 2.76 bits per heavy atom. The molecule has 0 atom stereocenters. The standard InChI is InChI=1S/C13H17FN2O4S/c1-9-3-6-15-10(11(9)14)7-16-21(18,19)8-13(4-5-13)12(17)20-2/h3,6,16H,4-5,7-8H2,1-2H3. The summed E-state index contributed by atoms with van der Waals surface area (Å²) in [4.78, 5) is 15.4. The third kappa shape index (κ3) is 3.56. The van der Waals surface area contributed by atoms with Crippen molar-refractivity contribution in [3.05, 3.63) is 29.3 Å². The molecule has 0 unspecified atom stereocenters. The molecule has 1 saturated carbocycles. The summed E-state index contributed by atoms with van der Waals surface area (Å²) in [7, 11) is -2.49. The van der Waals surface area contributed by atoms with Gasteiger partial charge in [-0.05, 0) is 31.4 Å². The highest BCUT2D eigenvalue weighted by Gasteiger charge is 2.53. The molecule has 1 aromatic heterocycles. The van der Waals surface area contributed by atoms with Gasteiger partial charge >= 0.3 is 5.97 Å². The number of aromatic nitrogens is 1. The van der Waals surface area contributed by atoms with Crippen molar-refractivity contribution in [2.45, 2.75) is 26.3 Å². The minimum absolute atomic E-state index is 0.0292. The van der Waals surface area contributed by atoms with Crippen LogP contribution in [0.25, 0.3) is 0 Å². The molecule has 1 aromatic rings. The number of hydrogen-bond acceptors (Lipinski definition) is 5. The lowest BCUT2D eigenvalue weighted by Gasteiger charge is -2.13. The van der Waals surface area contributed by atoms with E-state index in [2.05, 4.69) is 14.4 Å². The topological polar surface area (TPSA) is 85.4 Å². The van der Waals surface area contributed by atoms with Crippen molar-refractivity contribution in [1.29, 1.82) is 0 Å².